The molecule has 1 amide bonds. The van der Waals surface area contributed by atoms with Crippen LogP contribution in [0.5, 0.6) is 0 Å². The molecule has 0 aliphatic carbocycles. The number of benzene rings is 1. The summed E-state index contributed by atoms with van der Waals surface area (Å²) in [6.07, 6.45) is 0. The van der Waals surface area contributed by atoms with Gasteiger partial charge in [-0.25, -0.2) is 9.97 Å². The molecule has 1 radical (unpaired) electrons. The molecule has 0 bridgehead atoms. The highest BCUT2D eigenvalue weighted by Gasteiger charge is 2.08. The highest BCUT2D eigenvalue weighted by atomic mass is 35.5. The first-order valence-corrected chi connectivity index (χ1v) is 4.72. The number of aromatic nitrogens is 2. The van der Waals surface area contributed by atoms with Crippen molar-refractivity contribution in [1.29, 1.82) is 0 Å². The molecule has 15 heavy (non-hydrogen) atoms. The van der Waals surface area contributed by atoms with E-state index in [1.54, 1.807) is 6.07 Å². The first kappa shape index (κ1) is 10.1. The summed E-state index contributed by atoms with van der Waals surface area (Å²) in [7, 11) is 0. The molecule has 2 aromatic rings. The van der Waals surface area contributed by atoms with Crippen LogP contribution in [0.3, 0.4) is 0 Å². The Bertz CT molecular complexity index is 556. The van der Waals surface area contributed by atoms with Crippen molar-refractivity contribution < 1.29 is 4.79 Å². The van der Waals surface area contributed by atoms with Crippen LogP contribution in [0.2, 0.25) is 10.4 Å². The van der Waals surface area contributed by atoms with Gasteiger partial charge in [0.05, 0.1) is 5.52 Å². The second-order valence-corrected chi connectivity index (χ2v) is 3.54. The van der Waals surface area contributed by atoms with E-state index in [0.29, 0.717) is 10.9 Å². The average molecular weight is 241 g/mol. The van der Waals surface area contributed by atoms with Crippen molar-refractivity contribution in [3.8, 4) is 0 Å². The number of rotatable bonds is 1. The fraction of sp³-hybridized carbons (Fsp3) is 0. The number of fused-ring (bicyclic) bond motifs is 1. The standard InChI is InChI=1S/C9H4Cl2N3O/c10-7-5-3-4(8(12)15)1-2-6(5)13-9(11)14-7/h1-3,12H. The van der Waals surface area contributed by atoms with Gasteiger partial charge in [0.2, 0.25) is 5.28 Å². The van der Waals surface area contributed by atoms with Crippen molar-refractivity contribution >= 4 is 40.0 Å². The molecule has 0 atom stereocenters. The number of nitrogens with zero attached hydrogens (tertiary/aromatic N) is 2. The number of carbonyl (C=O) groups excluding carboxylic acids is 1. The second-order valence-electron chi connectivity index (χ2n) is 2.84. The third-order valence-corrected chi connectivity index (χ3v) is 2.34. The first-order chi connectivity index (χ1) is 7.08. The lowest BCUT2D eigenvalue weighted by Gasteiger charge is -2.01. The van der Waals surface area contributed by atoms with Gasteiger partial charge in [0, 0.05) is 10.9 Å². The second kappa shape index (κ2) is 3.64. The lowest BCUT2D eigenvalue weighted by Crippen LogP contribution is -1.99. The molecule has 6 heteroatoms. The van der Waals surface area contributed by atoms with E-state index in [1.165, 1.54) is 12.1 Å². The lowest BCUT2D eigenvalue weighted by molar-refractivity contribution is 0.0992. The largest absolute Gasteiger partial charge is 0.269 e. The Hall–Kier alpha value is -1.39. The Morgan fingerprint density at radius 2 is 2.00 bits per heavy atom. The Morgan fingerprint density at radius 3 is 2.67 bits per heavy atom. The van der Waals surface area contributed by atoms with E-state index >= 15 is 0 Å². The maximum Gasteiger partial charge on any atom is 0.269 e. The molecule has 0 spiro atoms. The monoisotopic (exact) mass is 240 g/mol. The molecule has 1 aromatic carbocycles. The average Bonchev–Trinajstić information content (AvgIpc) is 2.16. The Labute approximate surface area is 95.0 Å². The van der Waals surface area contributed by atoms with Crippen LogP contribution in [-0.2, 0) is 0 Å². The zero-order valence-electron chi connectivity index (χ0n) is 7.29. The molecule has 0 aliphatic rings. The summed E-state index contributed by atoms with van der Waals surface area (Å²) in [5.41, 5.74) is 7.75. The Balaban J connectivity index is 2.76. The maximum absolute atomic E-state index is 10.8. The van der Waals surface area contributed by atoms with Gasteiger partial charge in [-0.2, -0.15) is 0 Å². The zero-order valence-corrected chi connectivity index (χ0v) is 8.80. The fourth-order valence-electron chi connectivity index (χ4n) is 1.21. The van der Waals surface area contributed by atoms with Crippen LogP contribution in [0.15, 0.2) is 18.2 Å². The van der Waals surface area contributed by atoms with Crippen molar-refractivity contribution in [2.24, 2.45) is 0 Å². The van der Waals surface area contributed by atoms with Gasteiger partial charge in [-0.3, -0.25) is 10.5 Å². The van der Waals surface area contributed by atoms with Gasteiger partial charge in [-0.1, -0.05) is 11.6 Å². The van der Waals surface area contributed by atoms with Crippen LogP contribution in [0.4, 0.5) is 0 Å². The van der Waals surface area contributed by atoms with E-state index < -0.39 is 5.91 Å². The predicted molar refractivity (Wildman–Crippen MR) is 57.0 cm³/mol. The van der Waals surface area contributed by atoms with Gasteiger partial charge in [-0.05, 0) is 29.8 Å². The first-order valence-electron chi connectivity index (χ1n) is 3.96. The lowest BCUT2D eigenvalue weighted by atomic mass is 10.1. The molecule has 1 heterocycles. The Kier molecular flexibility index (Phi) is 2.46. The fourth-order valence-corrected chi connectivity index (χ4v) is 1.66. The van der Waals surface area contributed by atoms with E-state index in [-0.39, 0.29) is 16.0 Å². The molecule has 0 fully saturated rings. The normalized spacial score (nSPS) is 10.5. The molecule has 0 saturated heterocycles. The zero-order chi connectivity index (χ0) is 11.0. The van der Waals surface area contributed by atoms with Crippen LogP contribution < -0.4 is 5.73 Å². The smallest absolute Gasteiger partial charge is 0.267 e. The summed E-state index contributed by atoms with van der Waals surface area (Å²) in [5, 5.41) is 0.740. The minimum atomic E-state index is -0.775. The van der Waals surface area contributed by atoms with Gasteiger partial charge in [0.25, 0.3) is 5.91 Å². The van der Waals surface area contributed by atoms with Crippen molar-refractivity contribution in [2.45, 2.75) is 0 Å². The molecule has 2 rings (SSSR count). The molecular weight excluding hydrogens is 237 g/mol. The number of hydrogen-bond donors (Lipinski definition) is 0. The summed E-state index contributed by atoms with van der Waals surface area (Å²) >= 11 is 11.4. The quantitative estimate of drug-likeness (QED) is 0.568. The molecule has 0 unspecified atom stereocenters. The van der Waals surface area contributed by atoms with Gasteiger partial charge in [0.15, 0.2) is 0 Å². The third-order valence-electron chi connectivity index (χ3n) is 1.88. The van der Waals surface area contributed by atoms with E-state index in [9.17, 15) is 4.79 Å². The van der Waals surface area contributed by atoms with Gasteiger partial charge >= 0.3 is 0 Å². The number of nitrogens with one attached hydrogen (secondary N) is 1. The number of carbonyl (C=O) groups is 1. The summed E-state index contributed by atoms with van der Waals surface area (Å²) in [4.78, 5) is 18.5. The topological polar surface area (TPSA) is 66.7 Å². The number of halogens is 2. The minimum Gasteiger partial charge on any atom is -0.267 e. The van der Waals surface area contributed by atoms with Gasteiger partial charge < -0.3 is 0 Å². The van der Waals surface area contributed by atoms with E-state index in [0.717, 1.165) is 0 Å². The maximum atomic E-state index is 10.8. The number of amides is 1. The molecule has 1 aromatic heterocycles. The minimum absolute atomic E-state index is 0.0532. The van der Waals surface area contributed by atoms with Crippen LogP contribution in [0.1, 0.15) is 10.4 Å². The highest BCUT2D eigenvalue weighted by Crippen LogP contribution is 2.22. The van der Waals surface area contributed by atoms with E-state index in [2.05, 4.69) is 9.97 Å². The SMILES string of the molecule is [NH]C(=O)c1ccc2nc(Cl)nc(Cl)c2c1. The van der Waals surface area contributed by atoms with Crippen LogP contribution in [0.25, 0.3) is 10.9 Å². The molecule has 0 aliphatic heterocycles. The summed E-state index contributed by atoms with van der Waals surface area (Å²) in [6.45, 7) is 0. The molecule has 0 saturated carbocycles. The molecule has 75 valence electrons. The van der Waals surface area contributed by atoms with Gasteiger partial charge in [0.1, 0.15) is 5.15 Å². The molecular formula is C9H4Cl2N3O. The van der Waals surface area contributed by atoms with E-state index in [1.807, 2.05) is 0 Å². The van der Waals surface area contributed by atoms with Crippen LogP contribution in [0, 0.1) is 0 Å². The third kappa shape index (κ3) is 1.86. The van der Waals surface area contributed by atoms with Crippen LogP contribution >= 0.6 is 23.2 Å². The summed E-state index contributed by atoms with van der Waals surface area (Å²) in [5.74, 6) is -0.775. The molecule has 1 N–H and O–H groups in total. The molecule has 4 nitrogen and oxygen atoms in total. The van der Waals surface area contributed by atoms with Crippen molar-refractivity contribution in [3.05, 3.63) is 34.2 Å². The highest BCUT2D eigenvalue weighted by molar-refractivity contribution is 6.35. The number of hydrogen-bond acceptors (Lipinski definition) is 3. The Morgan fingerprint density at radius 1 is 1.27 bits per heavy atom. The van der Waals surface area contributed by atoms with Gasteiger partial charge in [-0.15, -0.1) is 0 Å². The van der Waals surface area contributed by atoms with E-state index in [4.69, 9.17) is 28.9 Å². The summed E-state index contributed by atoms with van der Waals surface area (Å²) in [6, 6.07) is 4.55. The van der Waals surface area contributed by atoms with Crippen molar-refractivity contribution in [2.75, 3.05) is 0 Å². The van der Waals surface area contributed by atoms with Crippen molar-refractivity contribution in [1.82, 2.24) is 15.7 Å². The van der Waals surface area contributed by atoms with Crippen LogP contribution in [-0.4, -0.2) is 15.9 Å². The predicted octanol–water partition coefficient (Wildman–Crippen LogP) is 2.36. The van der Waals surface area contributed by atoms with Crippen molar-refractivity contribution in [3.63, 3.8) is 0 Å². The summed E-state index contributed by atoms with van der Waals surface area (Å²) < 4.78 is 0.